The number of aryl methyl sites for hydroxylation is 1. The molecule has 0 atom stereocenters. The summed E-state index contributed by atoms with van der Waals surface area (Å²) in [6.07, 6.45) is 1.08. The first kappa shape index (κ1) is 19.1. The Balaban J connectivity index is 1.46. The molecule has 0 bridgehead atoms. The Kier molecular flexibility index (Phi) is 5.21. The van der Waals surface area contributed by atoms with Gasteiger partial charge in [-0.1, -0.05) is 24.3 Å². The summed E-state index contributed by atoms with van der Waals surface area (Å²) < 4.78 is 38.7. The second kappa shape index (κ2) is 7.64. The fourth-order valence-electron chi connectivity index (χ4n) is 3.57. The zero-order valence-corrected chi connectivity index (χ0v) is 17.1. The summed E-state index contributed by atoms with van der Waals surface area (Å²) in [5, 5.41) is 2.54. The molecule has 146 valence electrons. The predicted molar refractivity (Wildman–Crippen MR) is 111 cm³/mol. The maximum atomic E-state index is 13.1. The van der Waals surface area contributed by atoms with Crippen molar-refractivity contribution in [1.29, 1.82) is 0 Å². The second-order valence-electron chi connectivity index (χ2n) is 7.02. The van der Waals surface area contributed by atoms with Crippen LogP contribution < -0.4 is 4.90 Å². The van der Waals surface area contributed by atoms with Gasteiger partial charge in [0, 0.05) is 24.0 Å². The van der Waals surface area contributed by atoms with Crippen molar-refractivity contribution in [2.24, 2.45) is 0 Å². The zero-order chi connectivity index (χ0) is 19.7. The van der Waals surface area contributed by atoms with Gasteiger partial charge >= 0.3 is 0 Å². The lowest BCUT2D eigenvalue weighted by molar-refractivity contribution is 0.529. The molecule has 4 nitrogen and oxygen atoms in total. The highest BCUT2D eigenvalue weighted by atomic mass is 32.2. The number of benzene rings is 2. The molecule has 1 aliphatic rings. The molecule has 0 amide bonds. The molecule has 0 unspecified atom stereocenters. The molecule has 0 aliphatic carbocycles. The van der Waals surface area contributed by atoms with Crippen molar-refractivity contribution < 1.29 is 12.8 Å². The van der Waals surface area contributed by atoms with Gasteiger partial charge in [0.15, 0.2) is 15.0 Å². The molecular formula is C21H21FN2O2S2. The third-order valence-electron chi connectivity index (χ3n) is 5.21. The van der Waals surface area contributed by atoms with Crippen LogP contribution in [0.1, 0.15) is 18.4 Å². The van der Waals surface area contributed by atoms with Crippen LogP contribution in [0.4, 0.5) is 9.52 Å². The molecular weight excluding hydrogens is 395 g/mol. The van der Waals surface area contributed by atoms with Crippen molar-refractivity contribution in [2.75, 3.05) is 18.0 Å². The average Bonchev–Trinajstić information content (AvgIpc) is 3.19. The first-order chi connectivity index (χ1) is 13.4. The molecule has 2 heterocycles. The van der Waals surface area contributed by atoms with E-state index >= 15 is 0 Å². The first-order valence-electron chi connectivity index (χ1n) is 9.21. The minimum absolute atomic E-state index is 0.198. The van der Waals surface area contributed by atoms with E-state index in [9.17, 15) is 12.8 Å². The Labute approximate surface area is 168 Å². The van der Waals surface area contributed by atoms with Gasteiger partial charge in [-0.3, -0.25) is 0 Å². The van der Waals surface area contributed by atoms with Crippen molar-refractivity contribution >= 4 is 26.3 Å². The molecule has 1 aliphatic heterocycles. The summed E-state index contributed by atoms with van der Waals surface area (Å²) >= 11 is 1.59. The smallest absolute Gasteiger partial charge is 0.185 e. The van der Waals surface area contributed by atoms with Gasteiger partial charge < -0.3 is 4.90 Å². The van der Waals surface area contributed by atoms with Gasteiger partial charge in [0.05, 0.1) is 15.8 Å². The molecule has 3 aromatic rings. The highest BCUT2D eigenvalue weighted by molar-refractivity contribution is 7.92. The number of piperidine rings is 1. The lowest BCUT2D eigenvalue weighted by Gasteiger charge is -2.31. The van der Waals surface area contributed by atoms with Crippen molar-refractivity contribution in [3.63, 3.8) is 0 Å². The Morgan fingerprint density at radius 3 is 2.43 bits per heavy atom. The molecule has 0 N–H and O–H groups in total. The molecule has 1 fully saturated rings. The molecule has 28 heavy (non-hydrogen) atoms. The summed E-state index contributed by atoms with van der Waals surface area (Å²) in [5.74, 6) is -0.429. The van der Waals surface area contributed by atoms with E-state index in [0.717, 1.165) is 16.4 Å². The molecule has 0 saturated carbocycles. The third-order valence-corrected chi connectivity index (χ3v) is 8.39. The molecule has 4 rings (SSSR count). The number of hydrogen-bond acceptors (Lipinski definition) is 5. The lowest BCUT2D eigenvalue weighted by Crippen LogP contribution is -2.39. The number of rotatable bonds is 4. The van der Waals surface area contributed by atoms with E-state index in [1.807, 2.05) is 12.1 Å². The van der Waals surface area contributed by atoms with Crippen LogP contribution in [-0.4, -0.2) is 31.7 Å². The minimum Gasteiger partial charge on any atom is -0.348 e. The van der Waals surface area contributed by atoms with E-state index in [-0.39, 0.29) is 4.90 Å². The van der Waals surface area contributed by atoms with E-state index in [2.05, 4.69) is 29.3 Å². The van der Waals surface area contributed by atoms with Gasteiger partial charge in [-0.15, -0.1) is 11.3 Å². The number of halogens is 1. The number of thiazole rings is 1. The van der Waals surface area contributed by atoms with E-state index in [1.54, 1.807) is 11.3 Å². The van der Waals surface area contributed by atoms with Gasteiger partial charge in [0.25, 0.3) is 0 Å². The second-order valence-corrected chi connectivity index (χ2v) is 10.1. The van der Waals surface area contributed by atoms with Crippen molar-refractivity contribution in [3.05, 3.63) is 65.3 Å². The average molecular weight is 417 g/mol. The predicted octanol–water partition coefficient (Wildman–Crippen LogP) is 4.70. The molecule has 2 aromatic carbocycles. The maximum Gasteiger partial charge on any atom is 0.185 e. The Morgan fingerprint density at radius 1 is 1.07 bits per heavy atom. The highest BCUT2D eigenvalue weighted by Crippen LogP contribution is 2.32. The summed E-state index contributed by atoms with van der Waals surface area (Å²) in [5.41, 5.74) is 3.27. The van der Waals surface area contributed by atoms with Gasteiger partial charge in [-0.2, -0.15) is 0 Å². The molecule has 0 spiro atoms. The van der Waals surface area contributed by atoms with Crippen molar-refractivity contribution in [1.82, 2.24) is 4.98 Å². The van der Waals surface area contributed by atoms with Crippen molar-refractivity contribution in [2.45, 2.75) is 29.9 Å². The summed E-state index contributed by atoms with van der Waals surface area (Å²) in [6, 6.07) is 13.3. The standard InChI is InChI=1S/C21H21FN2O2S2/c1-15-4-2-3-5-19(15)20-14-27-21(23-20)24-12-10-18(11-13-24)28(25,26)17-8-6-16(22)7-9-17/h2-9,14,18H,10-13H2,1H3. The number of aromatic nitrogens is 1. The number of hydrogen-bond donors (Lipinski definition) is 0. The number of anilines is 1. The number of sulfone groups is 1. The van der Waals surface area contributed by atoms with Crippen LogP contribution >= 0.6 is 11.3 Å². The zero-order valence-electron chi connectivity index (χ0n) is 15.5. The largest absolute Gasteiger partial charge is 0.348 e. The quantitative estimate of drug-likeness (QED) is 0.579. The van der Waals surface area contributed by atoms with Crippen LogP contribution in [0, 0.1) is 12.7 Å². The Hall–Kier alpha value is -2.25. The van der Waals surface area contributed by atoms with Crippen LogP contribution in [0.15, 0.2) is 58.8 Å². The van der Waals surface area contributed by atoms with Crippen molar-refractivity contribution in [3.8, 4) is 11.3 Å². The van der Waals surface area contributed by atoms with Crippen LogP contribution in [0.25, 0.3) is 11.3 Å². The molecule has 7 heteroatoms. The highest BCUT2D eigenvalue weighted by Gasteiger charge is 2.32. The SMILES string of the molecule is Cc1ccccc1-c1csc(N2CCC(S(=O)(=O)c3ccc(F)cc3)CC2)n1. The fourth-order valence-corrected chi connectivity index (χ4v) is 6.18. The van der Waals surface area contributed by atoms with Crippen LogP contribution in [-0.2, 0) is 9.84 Å². The Morgan fingerprint density at radius 2 is 1.75 bits per heavy atom. The Bertz CT molecular complexity index is 1070. The third kappa shape index (κ3) is 3.69. The molecule has 0 radical (unpaired) electrons. The van der Waals surface area contributed by atoms with Gasteiger partial charge in [-0.25, -0.2) is 17.8 Å². The van der Waals surface area contributed by atoms with Gasteiger partial charge in [0.2, 0.25) is 0 Å². The van der Waals surface area contributed by atoms with Crippen LogP contribution in [0.3, 0.4) is 0 Å². The topological polar surface area (TPSA) is 50.3 Å². The molecule has 1 saturated heterocycles. The fraction of sp³-hybridized carbons (Fsp3) is 0.286. The lowest BCUT2D eigenvalue weighted by atomic mass is 10.1. The van der Waals surface area contributed by atoms with Gasteiger partial charge in [0.1, 0.15) is 5.82 Å². The normalized spacial score (nSPS) is 15.7. The van der Waals surface area contributed by atoms with E-state index in [4.69, 9.17) is 4.98 Å². The summed E-state index contributed by atoms with van der Waals surface area (Å²) in [4.78, 5) is 7.13. The minimum atomic E-state index is -3.44. The molecule has 1 aromatic heterocycles. The summed E-state index contributed by atoms with van der Waals surface area (Å²) in [7, 11) is -3.44. The van der Waals surface area contributed by atoms with Gasteiger partial charge in [-0.05, 0) is 49.6 Å². The van der Waals surface area contributed by atoms with E-state index in [0.29, 0.717) is 25.9 Å². The monoisotopic (exact) mass is 416 g/mol. The first-order valence-corrected chi connectivity index (χ1v) is 11.6. The maximum absolute atomic E-state index is 13.1. The van der Waals surface area contributed by atoms with E-state index < -0.39 is 20.9 Å². The van der Waals surface area contributed by atoms with Crippen LogP contribution in [0.5, 0.6) is 0 Å². The number of nitrogens with zero attached hydrogens (tertiary/aromatic N) is 2. The van der Waals surface area contributed by atoms with E-state index in [1.165, 1.54) is 29.8 Å². The summed E-state index contributed by atoms with van der Waals surface area (Å²) in [6.45, 7) is 3.36. The van der Waals surface area contributed by atoms with Crippen LogP contribution in [0.2, 0.25) is 0 Å².